The maximum Gasteiger partial charge on any atom is 0.364 e. The van der Waals surface area contributed by atoms with E-state index >= 15 is 0 Å². The number of hydrogen-bond donors (Lipinski definition) is 1. The van der Waals surface area contributed by atoms with E-state index in [9.17, 15) is 10.1 Å². The minimum absolute atomic E-state index is 0.166. The monoisotopic (exact) mass is 231 g/mol. The lowest BCUT2D eigenvalue weighted by Gasteiger charge is -1.98. The lowest BCUT2D eigenvalue weighted by Crippen LogP contribution is -1.95. The van der Waals surface area contributed by atoms with Crippen molar-refractivity contribution in [2.75, 3.05) is 12.4 Å². The zero-order chi connectivity index (χ0) is 9.14. The van der Waals surface area contributed by atoms with Gasteiger partial charge < -0.3 is 15.4 Å². The van der Waals surface area contributed by atoms with Gasteiger partial charge in [0.1, 0.15) is 0 Å². The second-order valence-electron chi connectivity index (χ2n) is 2.01. The van der Waals surface area contributed by atoms with Crippen molar-refractivity contribution in [3.8, 4) is 0 Å². The van der Waals surface area contributed by atoms with Crippen LogP contribution in [-0.2, 0) is 0 Å². The van der Waals surface area contributed by atoms with E-state index in [1.54, 1.807) is 13.1 Å². The van der Waals surface area contributed by atoms with Gasteiger partial charge in [-0.15, -0.1) is 0 Å². The fourth-order valence-electron chi connectivity index (χ4n) is 0.713. The summed E-state index contributed by atoms with van der Waals surface area (Å²) >= 11 is 3.10. The van der Waals surface area contributed by atoms with E-state index < -0.39 is 4.92 Å². The molecular formula is C6H6BrN3O2. The van der Waals surface area contributed by atoms with E-state index in [-0.39, 0.29) is 5.82 Å². The summed E-state index contributed by atoms with van der Waals surface area (Å²) < 4.78 is 0.444. The molecule has 0 radical (unpaired) electrons. The quantitative estimate of drug-likeness (QED) is 0.479. The highest BCUT2D eigenvalue weighted by Crippen LogP contribution is 2.22. The van der Waals surface area contributed by atoms with Crippen molar-refractivity contribution in [3.63, 3.8) is 0 Å². The summed E-state index contributed by atoms with van der Waals surface area (Å²) in [6, 6.07) is 2.94. The van der Waals surface area contributed by atoms with Crippen LogP contribution in [0, 0.1) is 10.1 Å². The number of nitrogens with one attached hydrogen (secondary N) is 1. The van der Waals surface area contributed by atoms with Crippen LogP contribution >= 0.6 is 15.9 Å². The molecule has 1 rings (SSSR count). The largest absolute Gasteiger partial charge is 0.384 e. The van der Waals surface area contributed by atoms with Crippen molar-refractivity contribution >= 4 is 27.4 Å². The third-order valence-electron chi connectivity index (χ3n) is 1.29. The SMILES string of the molecule is CNc1ccc([N+](=O)[O-])nc1Br. The lowest BCUT2D eigenvalue weighted by molar-refractivity contribution is -0.389. The molecule has 12 heavy (non-hydrogen) atoms. The molecule has 0 saturated carbocycles. The van der Waals surface area contributed by atoms with Gasteiger partial charge in [0.15, 0.2) is 0 Å². The standard InChI is InChI=1S/C6H6BrN3O2/c1-8-4-2-3-5(10(11)12)9-6(4)7/h2-3,8H,1H3. The van der Waals surface area contributed by atoms with Gasteiger partial charge in [-0.25, -0.2) is 0 Å². The number of halogens is 1. The van der Waals surface area contributed by atoms with Gasteiger partial charge in [-0.2, -0.15) is 0 Å². The van der Waals surface area contributed by atoms with Crippen molar-refractivity contribution in [2.24, 2.45) is 0 Å². The third-order valence-corrected chi connectivity index (χ3v) is 1.89. The van der Waals surface area contributed by atoms with Crippen LogP contribution in [0.2, 0.25) is 0 Å². The Kier molecular flexibility index (Phi) is 2.59. The van der Waals surface area contributed by atoms with E-state index in [2.05, 4.69) is 26.2 Å². The molecule has 0 aromatic carbocycles. The molecule has 0 spiro atoms. The smallest absolute Gasteiger partial charge is 0.364 e. The normalized spacial score (nSPS) is 9.50. The van der Waals surface area contributed by atoms with Gasteiger partial charge in [0.25, 0.3) is 0 Å². The molecule has 5 nitrogen and oxygen atoms in total. The summed E-state index contributed by atoms with van der Waals surface area (Å²) in [6.45, 7) is 0. The Morgan fingerprint density at radius 3 is 2.75 bits per heavy atom. The number of anilines is 1. The topological polar surface area (TPSA) is 68.1 Å². The van der Waals surface area contributed by atoms with Gasteiger partial charge in [-0.05, 0) is 16.0 Å². The Morgan fingerprint density at radius 2 is 2.33 bits per heavy atom. The zero-order valence-corrected chi connectivity index (χ0v) is 7.83. The molecular weight excluding hydrogens is 226 g/mol. The summed E-state index contributed by atoms with van der Waals surface area (Å²) in [5, 5.41) is 13.1. The van der Waals surface area contributed by atoms with Crippen LogP contribution in [-0.4, -0.2) is 17.0 Å². The van der Waals surface area contributed by atoms with Crippen molar-refractivity contribution in [2.45, 2.75) is 0 Å². The molecule has 1 aromatic rings. The van der Waals surface area contributed by atoms with Crippen LogP contribution in [0.5, 0.6) is 0 Å². The third kappa shape index (κ3) is 1.70. The summed E-state index contributed by atoms with van der Waals surface area (Å²) in [7, 11) is 1.72. The predicted octanol–water partition coefficient (Wildman–Crippen LogP) is 1.79. The predicted molar refractivity (Wildman–Crippen MR) is 48.1 cm³/mol. The van der Waals surface area contributed by atoms with Gasteiger partial charge in [0, 0.05) is 29.0 Å². The number of hydrogen-bond acceptors (Lipinski definition) is 4. The highest BCUT2D eigenvalue weighted by molar-refractivity contribution is 9.10. The Morgan fingerprint density at radius 1 is 1.67 bits per heavy atom. The average molecular weight is 232 g/mol. The second kappa shape index (κ2) is 3.48. The molecule has 1 heterocycles. The summed E-state index contributed by atoms with van der Waals surface area (Å²) in [5.41, 5.74) is 0.723. The van der Waals surface area contributed by atoms with Crippen molar-refractivity contribution in [3.05, 3.63) is 26.9 Å². The number of nitrogens with zero attached hydrogens (tertiary/aromatic N) is 2. The molecule has 0 fully saturated rings. The van der Waals surface area contributed by atoms with Gasteiger partial charge in [-0.1, -0.05) is 0 Å². The van der Waals surface area contributed by atoms with Crippen molar-refractivity contribution in [1.29, 1.82) is 0 Å². The molecule has 0 unspecified atom stereocenters. The molecule has 0 saturated heterocycles. The first kappa shape index (κ1) is 8.92. The molecule has 6 heteroatoms. The second-order valence-corrected chi connectivity index (χ2v) is 2.77. The maximum absolute atomic E-state index is 10.3. The Bertz CT molecular complexity index is 316. The van der Waals surface area contributed by atoms with Crippen LogP contribution < -0.4 is 5.32 Å². The lowest BCUT2D eigenvalue weighted by atomic mass is 10.4. The minimum atomic E-state index is -0.537. The summed E-state index contributed by atoms with van der Waals surface area (Å²) in [5.74, 6) is -0.166. The van der Waals surface area contributed by atoms with E-state index in [4.69, 9.17) is 0 Å². The van der Waals surface area contributed by atoms with Crippen LogP contribution in [0.4, 0.5) is 11.5 Å². The van der Waals surface area contributed by atoms with Gasteiger partial charge in [-0.3, -0.25) is 0 Å². The summed E-state index contributed by atoms with van der Waals surface area (Å²) in [4.78, 5) is 13.4. The fourth-order valence-corrected chi connectivity index (χ4v) is 1.22. The van der Waals surface area contributed by atoms with E-state index in [1.165, 1.54) is 6.07 Å². The molecule has 0 aliphatic rings. The first-order chi connectivity index (χ1) is 5.65. The molecule has 0 amide bonds. The van der Waals surface area contributed by atoms with Crippen LogP contribution in [0.1, 0.15) is 0 Å². The molecule has 0 bridgehead atoms. The van der Waals surface area contributed by atoms with Gasteiger partial charge in [0.05, 0.1) is 5.69 Å². The van der Waals surface area contributed by atoms with Crippen LogP contribution in [0.3, 0.4) is 0 Å². The Labute approximate surface area is 77.1 Å². The summed E-state index contributed by atoms with van der Waals surface area (Å²) in [6.07, 6.45) is 0. The highest BCUT2D eigenvalue weighted by Gasteiger charge is 2.11. The minimum Gasteiger partial charge on any atom is -0.384 e. The number of nitro groups is 1. The number of rotatable bonds is 2. The van der Waals surface area contributed by atoms with E-state index in [0.29, 0.717) is 4.60 Å². The number of pyridine rings is 1. The zero-order valence-electron chi connectivity index (χ0n) is 6.24. The van der Waals surface area contributed by atoms with Gasteiger partial charge in [0.2, 0.25) is 4.60 Å². The molecule has 0 aliphatic carbocycles. The van der Waals surface area contributed by atoms with Gasteiger partial charge >= 0.3 is 5.82 Å². The molecule has 1 aromatic heterocycles. The molecule has 0 atom stereocenters. The Hall–Kier alpha value is -1.17. The number of aromatic nitrogens is 1. The maximum atomic E-state index is 10.3. The molecule has 64 valence electrons. The van der Waals surface area contributed by atoms with E-state index in [0.717, 1.165) is 5.69 Å². The first-order valence-corrected chi connectivity index (χ1v) is 3.93. The Balaban J connectivity index is 3.10. The highest BCUT2D eigenvalue weighted by atomic mass is 79.9. The first-order valence-electron chi connectivity index (χ1n) is 3.14. The fraction of sp³-hybridized carbons (Fsp3) is 0.167. The molecule has 0 aliphatic heterocycles. The van der Waals surface area contributed by atoms with Crippen LogP contribution in [0.15, 0.2) is 16.7 Å². The van der Waals surface area contributed by atoms with Crippen molar-refractivity contribution in [1.82, 2.24) is 4.98 Å². The average Bonchev–Trinajstić information content (AvgIpc) is 2.04. The molecule has 1 N–H and O–H groups in total. The van der Waals surface area contributed by atoms with Crippen molar-refractivity contribution < 1.29 is 4.92 Å². The van der Waals surface area contributed by atoms with Crippen LogP contribution in [0.25, 0.3) is 0 Å². The van der Waals surface area contributed by atoms with E-state index in [1.807, 2.05) is 0 Å².